The third kappa shape index (κ3) is 3.88. The van der Waals surface area contributed by atoms with Gasteiger partial charge in [-0.05, 0) is 44.2 Å². The highest BCUT2D eigenvalue weighted by Crippen LogP contribution is 2.26. The van der Waals surface area contributed by atoms with Crippen LogP contribution in [0.1, 0.15) is 31.7 Å². The van der Waals surface area contributed by atoms with Gasteiger partial charge in [-0.2, -0.15) is 0 Å². The van der Waals surface area contributed by atoms with E-state index in [1.165, 1.54) is 9.87 Å². The van der Waals surface area contributed by atoms with E-state index in [2.05, 4.69) is 16.3 Å². The van der Waals surface area contributed by atoms with Gasteiger partial charge in [-0.25, -0.2) is 12.7 Å². The number of carbonyl (C=O) groups is 1. The molecule has 0 bridgehead atoms. The molecule has 1 aromatic rings. The van der Waals surface area contributed by atoms with Crippen LogP contribution in [0.4, 0.5) is 5.69 Å². The van der Waals surface area contributed by atoms with Gasteiger partial charge in [0, 0.05) is 31.9 Å². The van der Waals surface area contributed by atoms with E-state index < -0.39 is 10.0 Å². The maximum atomic E-state index is 12.6. The van der Waals surface area contributed by atoms with Crippen LogP contribution in [-0.4, -0.2) is 61.5 Å². The van der Waals surface area contributed by atoms with Gasteiger partial charge in [0.25, 0.3) is 0 Å². The number of nitrogens with one attached hydrogen (secondary N) is 1. The largest absolute Gasteiger partial charge is 0.324 e. The SMILES string of the molecule is CCS(=O)(=O)N(C)C1CCN(C2CCc3ccccc3NC2=O)CC1. The molecule has 7 heteroatoms. The van der Waals surface area contributed by atoms with Gasteiger partial charge in [0.15, 0.2) is 0 Å². The van der Waals surface area contributed by atoms with Crippen LogP contribution in [0.5, 0.6) is 0 Å². The van der Waals surface area contributed by atoms with Crippen molar-refractivity contribution in [2.45, 2.75) is 44.7 Å². The van der Waals surface area contributed by atoms with Crippen molar-refractivity contribution in [2.75, 3.05) is 31.2 Å². The number of hydrogen-bond acceptors (Lipinski definition) is 4. The molecule has 0 spiro atoms. The number of rotatable bonds is 4. The zero-order chi connectivity index (χ0) is 18.0. The van der Waals surface area contributed by atoms with Gasteiger partial charge in [-0.15, -0.1) is 0 Å². The minimum absolute atomic E-state index is 0.0345. The van der Waals surface area contributed by atoms with Crippen molar-refractivity contribution in [3.05, 3.63) is 29.8 Å². The molecule has 1 N–H and O–H groups in total. The van der Waals surface area contributed by atoms with Gasteiger partial charge >= 0.3 is 0 Å². The molecule has 25 heavy (non-hydrogen) atoms. The maximum absolute atomic E-state index is 12.6. The third-order valence-electron chi connectivity index (χ3n) is 5.52. The van der Waals surface area contributed by atoms with E-state index in [0.29, 0.717) is 0 Å². The van der Waals surface area contributed by atoms with Crippen molar-refractivity contribution in [3.8, 4) is 0 Å². The Morgan fingerprint density at radius 2 is 1.88 bits per heavy atom. The Kier molecular flexibility index (Phi) is 5.46. The molecule has 138 valence electrons. The molecular weight excluding hydrogens is 338 g/mol. The molecule has 0 saturated carbocycles. The van der Waals surface area contributed by atoms with E-state index in [9.17, 15) is 13.2 Å². The number of sulfonamides is 1. The highest BCUT2D eigenvalue weighted by atomic mass is 32.2. The zero-order valence-corrected chi connectivity index (χ0v) is 15.8. The second kappa shape index (κ2) is 7.43. The summed E-state index contributed by atoms with van der Waals surface area (Å²) in [6, 6.07) is 7.85. The number of hydrogen-bond donors (Lipinski definition) is 1. The van der Waals surface area contributed by atoms with Crippen LogP contribution in [0, 0.1) is 0 Å². The smallest absolute Gasteiger partial charge is 0.241 e. The molecule has 2 heterocycles. The van der Waals surface area contributed by atoms with Gasteiger partial charge in [-0.1, -0.05) is 18.2 Å². The lowest BCUT2D eigenvalue weighted by atomic mass is 10.00. The first-order valence-electron chi connectivity index (χ1n) is 9.01. The lowest BCUT2D eigenvalue weighted by Gasteiger charge is -2.39. The molecule has 3 rings (SSSR count). The number of aryl methyl sites for hydroxylation is 1. The normalized spacial score (nSPS) is 23.2. The minimum Gasteiger partial charge on any atom is -0.324 e. The average molecular weight is 365 g/mol. The van der Waals surface area contributed by atoms with Crippen molar-refractivity contribution >= 4 is 21.6 Å². The van der Waals surface area contributed by atoms with E-state index in [0.717, 1.165) is 44.5 Å². The molecule has 1 atom stereocenters. The highest BCUT2D eigenvalue weighted by molar-refractivity contribution is 7.89. The third-order valence-corrected chi connectivity index (χ3v) is 7.43. The number of amides is 1. The number of fused-ring (bicyclic) bond motifs is 1. The van der Waals surface area contributed by atoms with Crippen molar-refractivity contribution in [1.82, 2.24) is 9.21 Å². The van der Waals surface area contributed by atoms with Crippen LogP contribution in [-0.2, 0) is 21.2 Å². The van der Waals surface area contributed by atoms with E-state index >= 15 is 0 Å². The predicted molar refractivity (Wildman–Crippen MR) is 99.0 cm³/mol. The van der Waals surface area contributed by atoms with Crippen LogP contribution in [0.25, 0.3) is 0 Å². The van der Waals surface area contributed by atoms with E-state index in [4.69, 9.17) is 0 Å². The average Bonchev–Trinajstić information content (AvgIpc) is 2.79. The van der Waals surface area contributed by atoms with Crippen LogP contribution in [0.3, 0.4) is 0 Å². The molecule has 2 aliphatic heterocycles. The van der Waals surface area contributed by atoms with Crippen molar-refractivity contribution in [2.24, 2.45) is 0 Å². The van der Waals surface area contributed by atoms with E-state index in [1.54, 1.807) is 14.0 Å². The first-order valence-corrected chi connectivity index (χ1v) is 10.6. The summed E-state index contributed by atoms with van der Waals surface area (Å²) in [7, 11) is -1.48. The van der Waals surface area contributed by atoms with Gasteiger partial charge in [0.05, 0.1) is 11.8 Å². The predicted octanol–water partition coefficient (Wildman–Crippen LogP) is 1.69. The zero-order valence-electron chi connectivity index (χ0n) is 14.9. The first kappa shape index (κ1) is 18.4. The van der Waals surface area contributed by atoms with E-state index in [-0.39, 0.29) is 23.7 Å². The fourth-order valence-electron chi connectivity index (χ4n) is 3.84. The number of carbonyl (C=O) groups excluding carboxylic acids is 1. The molecule has 0 aliphatic carbocycles. The Morgan fingerprint density at radius 3 is 2.56 bits per heavy atom. The number of likely N-dealkylation sites (tertiary alicyclic amines) is 1. The number of benzene rings is 1. The lowest BCUT2D eigenvalue weighted by Crippen LogP contribution is -2.51. The molecule has 1 saturated heterocycles. The summed E-state index contributed by atoms with van der Waals surface area (Å²) < 4.78 is 25.6. The van der Waals surface area contributed by atoms with Crippen LogP contribution < -0.4 is 5.32 Å². The summed E-state index contributed by atoms with van der Waals surface area (Å²) in [5, 5.41) is 3.05. The molecule has 2 aliphatic rings. The monoisotopic (exact) mass is 365 g/mol. The molecule has 1 aromatic carbocycles. The molecule has 1 fully saturated rings. The van der Waals surface area contributed by atoms with Crippen molar-refractivity contribution < 1.29 is 13.2 Å². The Morgan fingerprint density at radius 1 is 1.20 bits per heavy atom. The fourth-order valence-corrected chi connectivity index (χ4v) is 4.91. The summed E-state index contributed by atoms with van der Waals surface area (Å²) in [4.78, 5) is 14.9. The molecule has 6 nitrogen and oxygen atoms in total. The maximum Gasteiger partial charge on any atom is 0.241 e. The number of piperidine rings is 1. The molecule has 0 radical (unpaired) electrons. The van der Waals surface area contributed by atoms with Crippen molar-refractivity contribution in [1.29, 1.82) is 0 Å². The molecule has 0 aromatic heterocycles. The number of nitrogens with zero attached hydrogens (tertiary/aromatic N) is 2. The summed E-state index contributed by atoms with van der Waals surface area (Å²) in [5.74, 6) is 0.186. The highest BCUT2D eigenvalue weighted by Gasteiger charge is 2.34. The van der Waals surface area contributed by atoms with Crippen molar-refractivity contribution in [3.63, 3.8) is 0 Å². The van der Waals surface area contributed by atoms with Crippen LogP contribution in [0.2, 0.25) is 0 Å². The summed E-state index contributed by atoms with van der Waals surface area (Å²) in [6.07, 6.45) is 3.22. The molecule has 1 amide bonds. The van der Waals surface area contributed by atoms with E-state index in [1.807, 2.05) is 18.2 Å². The van der Waals surface area contributed by atoms with Crippen LogP contribution in [0.15, 0.2) is 24.3 Å². The summed E-state index contributed by atoms with van der Waals surface area (Å²) >= 11 is 0. The lowest BCUT2D eigenvalue weighted by molar-refractivity contribution is -0.122. The summed E-state index contributed by atoms with van der Waals surface area (Å²) in [6.45, 7) is 3.18. The first-order chi connectivity index (χ1) is 11.9. The fraction of sp³-hybridized carbons (Fsp3) is 0.611. The number of anilines is 1. The molecular formula is C18H27N3O3S. The minimum atomic E-state index is -3.16. The van der Waals surface area contributed by atoms with Gasteiger partial charge in [-0.3, -0.25) is 9.69 Å². The Labute approximate surface area is 150 Å². The second-order valence-electron chi connectivity index (χ2n) is 6.88. The Hall–Kier alpha value is -1.44. The second-order valence-corrected chi connectivity index (χ2v) is 9.20. The Bertz CT molecular complexity index is 727. The Balaban J connectivity index is 1.63. The van der Waals surface area contributed by atoms with Crippen LogP contribution >= 0.6 is 0 Å². The summed E-state index contributed by atoms with van der Waals surface area (Å²) in [5.41, 5.74) is 2.10. The topological polar surface area (TPSA) is 69.7 Å². The quantitative estimate of drug-likeness (QED) is 0.881. The van der Waals surface area contributed by atoms with Gasteiger partial charge in [0.2, 0.25) is 15.9 Å². The standard InChI is InChI=1S/C18H27N3O3S/c1-3-25(23,24)20(2)15-10-12-21(13-11-15)17-9-8-14-6-4-5-7-16(14)19-18(17)22/h4-7,15,17H,3,8-13H2,1-2H3,(H,19,22). The molecule has 1 unspecified atom stereocenters. The number of para-hydroxylation sites is 1. The van der Waals surface area contributed by atoms with Gasteiger partial charge < -0.3 is 5.32 Å². The van der Waals surface area contributed by atoms with Gasteiger partial charge in [0.1, 0.15) is 0 Å².